The van der Waals surface area contributed by atoms with E-state index in [-0.39, 0.29) is 28.1 Å². The minimum Gasteiger partial charge on any atom is -0.497 e. The van der Waals surface area contributed by atoms with Crippen molar-refractivity contribution in [2.75, 3.05) is 18.2 Å². The monoisotopic (exact) mass is 493 g/mol. The lowest BCUT2D eigenvalue weighted by molar-refractivity contribution is -0.115. The average Bonchev–Trinajstić information content (AvgIpc) is 3.26. The summed E-state index contributed by atoms with van der Waals surface area (Å²) in [7, 11) is -5.60. The maximum atomic E-state index is 12.4. The number of nitrogens with zero attached hydrogens (tertiary/aromatic N) is 2. The SMILES string of the molecule is COc1ccc(S(=O)(=O)CCC(=O)Nc2nnc(-c3ccc(S(=O)(=O)C(C)C)cc3)o2)cc1. The van der Waals surface area contributed by atoms with Gasteiger partial charge in [-0.05, 0) is 62.4 Å². The van der Waals surface area contributed by atoms with Crippen molar-refractivity contribution < 1.29 is 30.8 Å². The van der Waals surface area contributed by atoms with Gasteiger partial charge in [-0.25, -0.2) is 16.8 Å². The number of sulfone groups is 2. The van der Waals surface area contributed by atoms with Gasteiger partial charge in [-0.3, -0.25) is 10.1 Å². The van der Waals surface area contributed by atoms with Crippen LogP contribution in [0.2, 0.25) is 0 Å². The van der Waals surface area contributed by atoms with Crippen molar-refractivity contribution in [3.05, 3.63) is 48.5 Å². The zero-order valence-electron chi connectivity index (χ0n) is 18.2. The molecule has 3 aromatic rings. The minimum absolute atomic E-state index is 0.0737. The molecule has 1 amide bonds. The van der Waals surface area contributed by atoms with Gasteiger partial charge in [0.15, 0.2) is 19.7 Å². The highest BCUT2D eigenvalue weighted by atomic mass is 32.2. The Balaban J connectivity index is 1.61. The fourth-order valence-electron chi connectivity index (χ4n) is 2.76. The Kier molecular flexibility index (Phi) is 7.18. The van der Waals surface area contributed by atoms with E-state index in [1.807, 2.05) is 0 Å². The van der Waals surface area contributed by atoms with Gasteiger partial charge in [0.2, 0.25) is 11.8 Å². The molecule has 0 unspecified atom stereocenters. The van der Waals surface area contributed by atoms with Crippen LogP contribution in [0.3, 0.4) is 0 Å². The molecule has 12 heteroatoms. The van der Waals surface area contributed by atoms with Gasteiger partial charge in [-0.2, -0.15) is 0 Å². The van der Waals surface area contributed by atoms with Crippen LogP contribution in [-0.4, -0.2) is 51.1 Å². The second-order valence-electron chi connectivity index (χ2n) is 7.32. The van der Waals surface area contributed by atoms with Crippen LogP contribution in [0, 0.1) is 0 Å². The number of amides is 1. The first-order valence-corrected chi connectivity index (χ1v) is 13.1. The maximum Gasteiger partial charge on any atom is 0.322 e. The summed E-state index contributed by atoms with van der Waals surface area (Å²) in [6.07, 6.45) is -0.312. The first kappa shape index (κ1) is 24.4. The first-order chi connectivity index (χ1) is 15.5. The molecule has 0 aliphatic carbocycles. The van der Waals surface area contributed by atoms with Gasteiger partial charge < -0.3 is 9.15 Å². The van der Waals surface area contributed by atoms with E-state index < -0.39 is 36.6 Å². The summed E-state index contributed by atoms with van der Waals surface area (Å²) < 4.78 is 59.6. The van der Waals surface area contributed by atoms with Crippen LogP contribution in [0.15, 0.2) is 62.7 Å². The fourth-order valence-corrected chi connectivity index (χ4v) is 5.06. The Morgan fingerprint density at radius 1 is 0.970 bits per heavy atom. The molecule has 0 radical (unpaired) electrons. The molecule has 0 spiro atoms. The van der Waals surface area contributed by atoms with Crippen LogP contribution in [0.25, 0.3) is 11.5 Å². The van der Waals surface area contributed by atoms with E-state index in [1.165, 1.54) is 55.6 Å². The van der Waals surface area contributed by atoms with E-state index in [9.17, 15) is 21.6 Å². The molecule has 0 saturated heterocycles. The molecule has 0 saturated carbocycles. The predicted octanol–water partition coefficient (Wildman–Crippen LogP) is 2.73. The number of aromatic nitrogens is 2. The molecule has 0 aliphatic rings. The summed E-state index contributed by atoms with van der Waals surface area (Å²) in [5.74, 6) is -0.418. The molecule has 1 N–H and O–H groups in total. The third-order valence-corrected chi connectivity index (χ3v) is 8.64. The van der Waals surface area contributed by atoms with Gasteiger partial charge >= 0.3 is 6.01 Å². The number of methoxy groups -OCH3 is 1. The van der Waals surface area contributed by atoms with Crippen LogP contribution in [-0.2, 0) is 24.5 Å². The summed E-state index contributed by atoms with van der Waals surface area (Å²) in [5, 5.41) is 9.36. The van der Waals surface area contributed by atoms with Gasteiger partial charge in [0.25, 0.3) is 0 Å². The molecule has 0 bridgehead atoms. The zero-order chi connectivity index (χ0) is 24.2. The van der Waals surface area contributed by atoms with E-state index in [2.05, 4.69) is 15.5 Å². The molecule has 0 atom stereocenters. The van der Waals surface area contributed by atoms with Crippen LogP contribution in [0.4, 0.5) is 6.01 Å². The Hall–Kier alpha value is -3.25. The maximum absolute atomic E-state index is 12.4. The summed E-state index contributed by atoms with van der Waals surface area (Å²) >= 11 is 0. The minimum atomic E-state index is -3.66. The molecule has 1 heterocycles. The van der Waals surface area contributed by atoms with Crippen molar-refractivity contribution in [3.63, 3.8) is 0 Å². The molecule has 0 aliphatic heterocycles. The molecule has 33 heavy (non-hydrogen) atoms. The van der Waals surface area contributed by atoms with Gasteiger partial charge in [-0.15, -0.1) is 5.10 Å². The quantitative estimate of drug-likeness (QED) is 0.475. The number of hydrogen-bond acceptors (Lipinski definition) is 9. The lowest BCUT2D eigenvalue weighted by Crippen LogP contribution is -2.17. The van der Waals surface area contributed by atoms with Gasteiger partial charge in [0, 0.05) is 12.0 Å². The second kappa shape index (κ2) is 9.71. The number of carbonyl (C=O) groups excluding carboxylic acids is 1. The summed E-state index contributed by atoms with van der Waals surface area (Å²) in [6.45, 7) is 3.19. The van der Waals surface area contributed by atoms with Crippen molar-refractivity contribution in [3.8, 4) is 17.2 Å². The molecule has 2 aromatic carbocycles. The molecular weight excluding hydrogens is 470 g/mol. The highest BCUT2D eigenvalue weighted by Crippen LogP contribution is 2.24. The lowest BCUT2D eigenvalue weighted by atomic mass is 10.2. The fraction of sp³-hybridized carbons (Fsp3) is 0.286. The van der Waals surface area contributed by atoms with E-state index in [0.29, 0.717) is 11.3 Å². The predicted molar refractivity (Wildman–Crippen MR) is 120 cm³/mol. The lowest BCUT2D eigenvalue weighted by Gasteiger charge is -2.07. The largest absolute Gasteiger partial charge is 0.497 e. The van der Waals surface area contributed by atoms with E-state index in [4.69, 9.17) is 9.15 Å². The Bertz CT molecular complexity index is 1330. The Labute approximate surface area is 191 Å². The molecule has 1 aromatic heterocycles. The van der Waals surface area contributed by atoms with E-state index in [1.54, 1.807) is 13.8 Å². The van der Waals surface area contributed by atoms with Crippen molar-refractivity contribution in [2.24, 2.45) is 0 Å². The summed E-state index contributed by atoms with van der Waals surface area (Å²) in [6, 6.07) is 11.6. The number of anilines is 1. The average molecular weight is 494 g/mol. The highest BCUT2D eigenvalue weighted by molar-refractivity contribution is 7.92. The van der Waals surface area contributed by atoms with Gasteiger partial charge in [-0.1, -0.05) is 5.10 Å². The standard InChI is InChI=1S/C21H23N3O7S2/c1-14(2)33(28,29)18-8-4-15(5-9-18)20-23-24-21(31-20)22-19(25)12-13-32(26,27)17-10-6-16(30-3)7-11-17/h4-11,14H,12-13H2,1-3H3,(H,22,24,25). The normalized spacial score (nSPS) is 12.0. The second-order valence-corrected chi connectivity index (χ2v) is 11.9. The number of carbonyl (C=O) groups is 1. The molecular formula is C21H23N3O7S2. The Morgan fingerprint density at radius 3 is 2.15 bits per heavy atom. The van der Waals surface area contributed by atoms with Gasteiger partial charge in [0.1, 0.15) is 5.75 Å². The van der Waals surface area contributed by atoms with E-state index >= 15 is 0 Å². The number of rotatable bonds is 9. The number of nitrogens with one attached hydrogen (secondary N) is 1. The van der Waals surface area contributed by atoms with Crippen LogP contribution >= 0.6 is 0 Å². The molecule has 10 nitrogen and oxygen atoms in total. The van der Waals surface area contributed by atoms with Crippen molar-refractivity contribution in [2.45, 2.75) is 35.3 Å². The number of benzene rings is 2. The smallest absolute Gasteiger partial charge is 0.322 e. The van der Waals surface area contributed by atoms with Gasteiger partial charge in [0.05, 0.1) is 27.9 Å². The summed E-state index contributed by atoms with van der Waals surface area (Å²) in [4.78, 5) is 12.4. The third kappa shape index (κ3) is 5.76. The Morgan fingerprint density at radius 2 is 1.58 bits per heavy atom. The van der Waals surface area contributed by atoms with Crippen molar-refractivity contribution in [1.29, 1.82) is 0 Å². The van der Waals surface area contributed by atoms with Crippen molar-refractivity contribution in [1.82, 2.24) is 10.2 Å². The summed E-state index contributed by atoms with van der Waals surface area (Å²) in [5.41, 5.74) is 0.466. The molecule has 0 fully saturated rings. The highest BCUT2D eigenvalue weighted by Gasteiger charge is 2.20. The third-order valence-electron chi connectivity index (χ3n) is 4.74. The first-order valence-electron chi connectivity index (χ1n) is 9.87. The van der Waals surface area contributed by atoms with Crippen LogP contribution < -0.4 is 10.1 Å². The van der Waals surface area contributed by atoms with Crippen molar-refractivity contribution >= 4 is 31.6 Å². The molecule has 3 rings (SSSR count). The number of hydrogen-bond donors (Lipinski definition) is 1. The van der Waals surface area contributed by atoms with Crippen LogP contribution in [0.5, 0.6) is 5.75 Å². The van der Waals surface area contributed by atoms with E-state index in [0.717, 1.165) is 0 Å². The number of ether oxygens (including phenoxy) is 1. The zero-order valence-corrected chi connectivity index (χ0v) is 19.8. The topological polar surface area (TPSA) is 146 Å². The molecule has 176 valence electrons. The van der Waals surface area contributed by atoms with Crippen LogP contribution in [0.1, 0.15) is 20.3 Å².